The summed E-state index contributed by atoms with van der Waals surface area (Å²) in [6.07, 6.45) is 94.5. The second-order valence-corrected chi connectivity index (χ2v) is 20.9. The molecule has 6 heteroatoms. The van der Waals surface area contributed by atoms with Gasteiger partial charge in [0.15, 0.2) is 6.10 Å². The lowest BCUT2D eigenvalue weighted by Crippen LogP contribution is -2.30. The lowest BCUT2D eigenvalue weighted by atomic mass is 10.0. The van der Waals surface area contributed by atoms with Crippen molar-refractivity contribution >= 4 is 17.9 Å². The smallest absolute Gasteiger partial charge is 0.306 e. The molecule has 0 fully saturated rings. The van der Waals surface area contributed by atoms with Gasteiger partial charge in [0.2, 0.25) is 0 Å². The number of esters is 3. The average Bonchev–Trinajstić information content (AvgIpc) is 3.45. The molecular weight excluding hydrogens is 973 g/mol. The third kappa shape index (κ3) is 64.0. The molecule has 1 unspecified atom stereocenters. The maximum absolute atomic E-state index is 12.8. The summed E-state index contributed by atoms with van der Waals surface area (Å²) in [5, 5.41) is 0. The van der Waals surface area contributed by atoms with Crippen molar-refractivity contribution in [2.75, 3.05) is 13.2 Å². The minimum absolute atomic E-state index is 0.109. The van der Waals surface area contributed by atoms with Crippen LogP contribution in [0.2, 0.25) is 0 Å². The number of unbranched alkanes of at least 4 members (excludes halogenated alkanes) is 22. The van der Waals surface area contributed by atoms with Gasteiger partial charge in [-0.15, -0.1) is 0 Å². The van der Waals surface area contributed by atoms with Crippen LogP contribution in [0.25, 0.3) is 0 Å². The normalized spacial score (nSPS) is 13.1. The monoisotopic (exact) mass is 1090 g/mol. The quantitative estimate of drug-likeness (QED) is 0.0261. The molecule has 0 saturated carbocycles. The summed E-state index contributed by atoms with van der Waals surface area (Å²) in [6.45, 7) is 6.35. The molecule has 0 amide bonds. The molecular formula is C73H118O6. The van der Waals surface area contributed by atoms with Crippen molar-refractivity contribution < 1.29 is 28.6 Å². The zero-order valence-electron chi connectivity index (χ0n) is 51.1. The van der Waals surface area contributed by atoms with E-state index in [2.05, 4.69) is 154 Å². The van der Waals surface area contributed by atoms with Crippen molar-refractivity contribution in [1.29, 1.82) is 0 Å². The number of hydrogen-bond donors (Lipinski definition) is 0. The largest absolute Gasteiger partial charge is 0.462 e. The summed E-state index contributed by atoms with van der Waals surface area (Å²) in [4.78, 5) is 38.2. The summed E-state index contributed by atoms with van der Waals surface area (Å²) in [5.74, 6) is -0.995. The van der Waals surface area contributed by atoms with E-state index in [4.69, 9.17) is 14.2 Å². The molecule has 0 aromatic heterocycles. The van der Waals surface area contributed by atoms with Gasteiger partial charge in [-0.05, 0) is 109 Å². The zero-order chi connectivity index (χ0) is 57.1. The van der Waals surface area contributed by atoms with Crippen LogP contribution in [-0.4, -0.2) is 37.2 Å². The first-order valence-corrected chi connectivity index (χ1v) is 32.3. The summed E-state index contributed by atoms with van der Waals surface area (Å²) >= 11 is 0. The molecule has 0 aliphatic rings. The Morgan fingerprint density at radius 3 is 0.823 bits per heavy atom. The Morgan fingerprint density at radius 1 is 0.266 bits per heavy atom. The summed E-state index contributed by atoms with van der Waals surface area (Å²) in [5.41, 5.74) is 0. The lowest BCUT2D eigenvalue weighted by Gasteiger charge is -2.18. The Morgan fingerprint density at radius 2 is 0.519 bits per heavy atom. The molecule has 0 aliphatic heterocycles. The molecule has 0 heterocycles. The van der Waals surface area contributed by atoms with Gasteiger partial charge in [-0.2, -0.15) is 0 Å². The van der Waals surface area contributed by atoms with Gasteiger partial charge in [-0.25, -0.2) is 0 Å². The maximum atomic E-state index is 12.8. The Kier molecular flexibility index (Phi) is 61.9. The topological polar surface area (TPSA) is 78.9 Å². The molecule has 0 spiro atoms. The highest BCUT2D eigenvalue weighted by molar-refractivity contribution is 5.71. The van der Waals surface area contributed by atoms with E-state index in [0.717, 1.165) is 122 Å². The number of allylic oxidation sites excluding steroid dienone is 24. The fraction of sp³-hybridized carbons (Fsp3) is 0.630. The van der Waals surface area contributed by atoms with Gasteiger partial charge in [-0.1, -0.05) is 295 Å². The Hall–Kier alpha value is -4.71. The predicted octanol–water partition coefficient (Wildman–Crippen LogP) is 22.3. The number of carbonyl (C=O) groups excluding carboxylic acids is 3. The van der Waals surface area contributed by atoms with Crippen LogP contribution in [0.1, 0.15) is 278 Å². The summed E-state index contributed by atoms with van der Waals surface area (Å²) in [7, 11) is 0. The van der Waals surface area contributed by atoms with E-state index < -0.39 is 12.1 Å². The van der Waals surface area contributed by atoms with Crippen molar-refractivity contribution in [1.82, 2.24) is 0 Å². The summed E-state index contributed by atoms with van der Waals surface area (Å²) < 4.78 is 16.8. The highest BCUT2D eigenvalue weighted by atomic mass is 16.6. The van der Waals surface area contributed by atoms with Crippen molar-refractivity contribution in [3.63, 3.8) is 0 Å². The Labute approximate surface area is 487 Å². The molecule has 0 rings (SSSR count). The first-order chi connectivity index (χ1) is 39.0. The third-order valence-corrected chi connectivity index (χ3v) is 13.4. The Bertz CT molecular complexity index is 1730. The van der Waals surface area contributed by atoms with Gasteiger partial charge in [0.25, 0.3) is 0 Å². The average molecular weight is 1090 g/mol. The maximum Gasteiger partial charge on any atom is 0.306 e. The van der Waals surface area contributed by atoms with Crippen LogP contribution in [0.5, 0.6) is 0 Å². The second kappa shape index (κ2) is 65.8. The molecule has 0 radical (unpaired) electrons. The number of ether oxygens (including phenoxy) is 3. The van der Waals surface area contributed by atoms with E-state index in [1.165, 1.54) is 109 Å². The van der Waals surface area contributed by atoms with E-state index in [-0.39, 0.29) is 31.6 Å². The minimum atomic E-state index is -0.820. The van der Waals surface area contributed by atoms with E-state index in [1.54, 1.807) is 0 Å². The van der Waals surface area contributed by atoms with Crippen molar-refractivity contribution in [3.8, 4) is 0 Å². The van der Waals surface area contributed by atoms with E-state index >= 15 is 0 Å². The summed E-state index contributed by atoms with van der Waals surface area (Å²) in [6, 6.07) is 0. The van der Waals surface area contributed by atoms with Gasteiger partial charge in [0, 0.05) is 19.3 Å². The van der Waals surface area contributed by atoms with Crippen LogP contribution in [0.4, 0.5) is 0 Å². The predicted molar refractivity (Wildman–Crippen MR) is 343 cm³/mol. The molecule has 0 bridgehead atoms. The fourth-order valence-corrected chi connectivity index (χ4v) is 8.59. The molecule has 0 aliphatic carbocycles. The third-order valence-electron chi connectivity index (χ3n) is 13.4. The van der Waals surface area contributed by atoms with Gasteiger partial charge >= 0.3 is 17.9 Å². The highest BCUT2D eigenvalue weighted by Crippen LogP contribution is 2.15. The molecule has 0 aromatic rings. The van der Waals surface area contributed by atoms with Gasteiger partial charge in [-0.3, -0.25) is 14.4 Å². The molecule has 79 heavy (non-hydrogen) atoms. The SMILES string of the molecule is CC/C=C\C/C=C\C/C=C\C/C=C\C/C=C\C/C=C\C/C=C\C/C=C\CCCCCCCCCCCCC(=O)OCC(COC(=O)CCCCCCCCCCCCCCC)OC(=O)CC/C=C\C/C=C\C/C=C\C/C=C\CC. The number of rotatable bonds is 57. The van der Waals surface area contributed by atoms with Gasteiger partial charge in [0.1, 0.15) is 13.2 Å². The van der Waals surface area contributed by atoms with Crippen LogP contribution in [-0.2, 0) is 28.6 Å². The van der Waals surface area contributed by atoms with Crippen molar-refractivity contribution in [2.24, 2.45) is 0 Å². The molecule has 1 atom stereocenters. The van der Waals surface area contributed by atoms with Crippen molar-refractivity contribution in [3.05, 3.63) is 146 Å². The molecule has 0 aromatic carbocycles. The second-order valence-electron chi connectivity index (χ2n) is 20.9. The molecule has 0 N–H and O–H groups in total. The number of hydrogen-bond acceptors (Lipinski definition) is 6. The lowest BCUT2D eigenvalue weighted by molar-refractivity contribution is -0.166. The standard InChI is InChI=1S/C73H118O6/c1-4-7-10-13-16-19-22-25-26-27-28-29-30-31-32-33-34-35-36-37-38-39-40-41-42-43-44-45-46-49-51-54-57-60-63-66-72(75)78-69-70(79-73(76)67-64-61-58-55-52-48-24-21-18-15-12-9-6-3)68-77-71(74)65-62-59-56-53-50-47-23-20-17-14-11-8-5-2/h7,9-10,12,16,18-19,21,25-26,28-29,31-32,34-35,37-38,40-41,48,52,58,61,70H,4-6,8,11,13-15,17,20,22-24,27,30,33,36,39,42-47,49-51,53-57,59-60,62-69H2,1-3H3/b10-7-,12-9-,19-16-,21-18-,26-25-,29-28-,32-31-,35-34-,38-37-,41-40-,52-48-,61-58-. The van der Waals surface area contributed by atoms with Gasteiger partial charge < -0.3 is 14.2 Å². The van der Waals surface area contributed by atoms with Crippen LogP contribution in [0.15, 0.2) is 146 Å². The zero-order valence-corrected chi connectivity index (χ0v) is 51.1. The van der Waals surface area contributed by atoms with Crippen LogP contribution >= 0.6 is 0 Å². The van der Waals surface area contributed by atoms with E-state index in [9.17, 15) is 14.4 Å². The first kappa shape index (κ1) is 74.3. The number of carbonyl (C=O) groups is 3. The fourth-order valence-electron chi connectivity index (χ4n) is 8.59. The molecule has 6 nitrogen and oxygen atoms in total. The van der Waals surface area contributed by atoms with Crippen LogP contribution in [0, 0.1) is 0 Å². The molecule has 446 valence electrons. The minimum Gasteiger partial charge on any atom is -0.462 e. The molecule has 0 saturated heterocycles. The first-order valence-electron chi connectivity index (χ1n) is 32.3. The van der Waals surface area contributed by atoms with E-state index in [0.29, 0.717) is 19.3 Å². The van der Waals surface area contributed by atoms with Crippen molar-refractivity contribution in [2.45, 2.75) is 284 Å². The van der Waals surface area contributed by atoms with E-state index in [1.807, 2.05) is 12.2 Å². The Balaban J connectivity index is 4.23. The van der Waals surface area contributed by atoms with Crippen LogP contribution in [0.3, 0.4) is 0 Å². The highest BCUT2D eigenvalue weighted by Gasteiger charge is 2.19. The van der Waals surface area contributed by atoms with Crippen LogP contribution < -0.4 is 0 Å². The van der Waals surface area contributed by atoms with Gasteiger partial charge in [0.05, 0.1) is 0 Å².